The van der Waals surface area contributed by atoms with Crippen LogP contribution in [0.4, 0.5) is 11.4 Å². The maximum Gasteiger partial charge on any atom is 0.339 e. The lowest BCUT2D eigenvalue weighted by molar-refractivity contribution is -0.114. The first-order chi connectivity index (χ1) is 15.2. The summed E-state index contributed by atoms with van der Waals surface area (Å²) in [6.07, 6.45) is 0. The predicted molar refractivity (Wildman–Crippen MR) is 124 cm³/mol. The molecule has 7 nitrogen and oxygen atoms in total. The lowest BCUT2D eigenvalue weighted by Gasteiger charge is -2.25. The highest BCUT2D eigenvalue weighted by atomic mass is 35.5. The molecule has 0 atom stereocenters. The number of halogens is 2. The van der Waals surface area contributed by atoms with Gasteiger partial charge in [0.05, 0.1) is 34.0 Å². The lowest BCUT2D eigenvalue weighted by Crippen LogP contribution is -2.38. The number of ether oxygens (including phenoxy) is 1. The van der Waals surface area contributed by atoms with Crippen molar-refractivity contribution in [2.45, 2.75) is 4.90 Å². The molecule has 0 bridgehead atoms. The van der Waals surface area contributed by atoms with Gasteiger partial charge in [0.25, 0.3) is 10.0 Å². The van der Waals surface area contributed by atoms with Crippen LogP contribution in [0.25, 0.3) is 0 Å². The fourth-order valence-corrected chi connectivity index (χ4v) is 4.79. The van der Waals surface area contributed by atoms with Crippen LogP contribution in [-0.2, 0) is 19.6 Å². The molecule has 0 unspecified atom stereocenters. The summed E-state index contributed by atoms with van der Waals surface area (Å²) >= 11 is 12.3. The van der Waals surface area contributed by atoms with Crippen LogP contribution >= 0.6 is 23.2 Å². The molecule has 0 fully saturated rings. The van der Waals surface area contributed by atoms with E-state index < -0.39 is 28.4 Å². The van der Waals surface area contributed by atoms with Gasteiger partial charge in [-0.1, -0.05) is 53.5 Å². The molecule has 0 saturated heterocycles. The highest BCUT2D eigenvalue weighted by molar-refractivity contribution is 7.92. The minimum atomic E-state index is -4.17. The van der Waals surface area contributed by atoms with Gasteiger partial charge in [0, 0.05) is 5.02 Å². The zero-order chi connectivity index (χ0) is 23.3. The Labute approximate surface area is 195 Å². The molecule has 0 spiro atoms. The molecule has 0 aliphatic rings. The first kappa shape index (κ1) is 23.6. The Morgan fingerprint density at radius 3 is 2.31 bits per heavy atom. The molecule has 0 radical (unpaired) electrons. The van der Waals surface area contributed by atoms with Gasteiger partial charge in [0.2, 0.25) is 5.91 Å². The largest absolute Gasteiger partial charge is 0.465 e. The zero-order valence-corrected chi connectivity index (χ0v) is 19.1. The van der Waals surface area contributed by atoms with Gasteiger partial charge >= 0.3 is 5.97 Å². The van der Waals surface area contributed by atoms with E-state index in [4.69, 9.17) is 27.9 Å². The zero-order valence-electron chi connectivity index (χ0n) is 16.8. The van der Waals surface area contributed by atoms with Crippen molar-refractivity contribution in [2.24, 2.45) is 0 Å². The van der Waals surface area contributed by atoms with Gasteiger partial charge in [-0.3, -0.25) is 9.10 Å². The number of carbonyl (C=O) groups is 2. The Balaban J connectivity index is 2.00. The predicted octanol–water partition coefficient (Wildman–Crippen LogP) is 4.61. The molecule has 0 saturated carbocycles. The van der Waals surface area contributed by atoms with Gasteiger partial charge in [0.1, 0.15) is 6.54 Å². The van der Waals surface area contributed by atoms with Crippen molar-refractivity contribution in [3.05, 3.63) is 88.4 Å². The van der Waals surface area contributed by atoms with Crippen LogP contribution in [0, 0.1) is 0 Å². The van der Waals surface area contributed by atoms with E-state index in [1.54, 1.807) is 30.3 Å². The van der Waals surface area contributed by atoms with E-state index in [-0.39, 0.29) is 31.9 Å². The van der Waals surface area contributed by atoms with Crippen LogP contribution in [0.1, 0.15) is 10.4 Å². The molecule has 0 aromatic heterocycles. The van der Waals surface area contributed by atoms with Gasteiger partial charge in [-0.15, -0.1) is 0 Å². The highest BCUT2D eigenvalue weighted by Gasteiger charge is 2.29. The Bertz CT molecular complexity index is 1250. The first-order valence-corrected chi connectivity index (χ1v) is 11.4. The van der Waals surface area contributed by atoms with Crippen LogP contribution in [0.2, 0.25) is 10.0 Å². The average molecular weight is 493 g/mol. The van der Waals surface area contributed by atoms with E-state index in [0.29, 0.717) is 0 Å². The minimum absolute atomic E-state index is 0.0289. The van der Waals surface area contributed by atoms with Crippen molar-refractivity contribution < 1.29 is 22.7 Å². The molecule has 1 N–H and O–H groups in total. The van der Waals surface area contributed by atoms with Crippen LogP contribution < -0.4 is 9.62 Å². The fraction of sp³-hybridized carbons (Fsp3) is 0.0909. The van der Waals surface area contributed by atoms with Crippen molar-refractivity contribution in [1.29, 1.82) is 0 Å². The van der Waals surface area contributed by atoms with Gasteiger partial charge in [0.15, 0.2) is 0 Å². The molecule has 0 aliphatic heterocycles. The molecule has 3 aromatic carbocycles. The summed E-state index contributed by atoms with van der Waals surface area (Å²) in [7, 11) is -2.96. The number of hydrogen-bond donors (Lipinski definition) is 1. The molecule has 166 valence electrons. The second kappa shape index (κ2) is 10.0. The minimum Gasteiger partial charge on any atom is -0.465 e. The Hall–Kier alpha value is -3.07. The number of hydrogen-bond acceptors (Lipinski definition) is 5. The van der Waals surface area contributed by atoms with Crippen LogP contribution in [0.15, 0.2) is 77.7 Å². The van der Waals surface area contributed by atoms with E-state index in [9.17, 15) is 18.0 Å². The number of rotatable bonds is 7. The molecule has 32 heavy (non-hydrogen) atoms. The number of para-hydroxylation sites is 1. The summed E-state index contributed by atoms with van der Waals surface area (Å²) in [6, 6.07) is 18.1. The van der Waals surface area contributed by atoms with E-state index >= 15 is 0 Å². The van der Waals surface area contributed by atoms with E-state index in [0.717, 1.165) is 4.31 Å². The Kier molecular flexibility index (Phi) is 7.40. The number of benzene rings is 3. The Morgan fingerprint density at radius 1 is 0.969 bits per heavy atom. The summed E-state index contributed by atoms with van der Waals surface area (Å²) in [5, 5.41) is 2.90. The van der Waals surface area contributed by atoms with Crippen LogP contribution in [0.5, 0.6) is 0 Å². The number of amides is 1. The number of nitrogens with one attached hydrogen (secondary N) is 1. The number of anilines is 2. The first-order valence-electron chi connectivity index (χ1n) is 9.24. The molecule has 10 heteroatoms. The van der Waals surface area contributed by atoms with Gasteiger partial charge < -0.3 is 10.1 Å². The van der Waals surface area contributed by atoms with Crippen molar-refractivity contribution in [1.82, 2.24) is 0 Å². The fourth-order valence-electron chi connectivity index (χ4n) is 2.90. The van der Waals surface area contributed by atoms with Crippen molar-refractivity contribution in [3.63, 3.8) is 0 Å². The molecular weight excluding hydrogens is 475 g/mol. The number of esters is 1. The summed E-state index contributed by atoms with van der Waals surface area (Å²) in [4.78, 5) is 24.8. The summed E-state index contributed by atoms with van der Waals surface area (Å²) in [5.41, 5.74) is 0.347. The number of sulfonamides is 1. The normalized spacial score (nSPS) is 11.0. The average Bonchev–Trinajstić information content (AvgIpc) is 2.79. The standard InChI is InChI=1S/C22H18Cl2N2O5S/c1-31-22(28)17-9-5-6-10-19(17)25-21(27)14-26(20-13-15(23)11-12-18(20)24)32(29,30)16-7-3-2-4-8-16/h2-13H,14H2,1H3,(H,25,27). The lowest BCUT2D eigenvalue weighted by atomic mass is 10.2. The van der Waals surface area contributed by atoms with E-state index in [1.165, 1.54) is 49.6 Å². The topological polar surface area (TPSA) is 92.8 Å². The molecule has 3 aromatic rings. The number of nitrogens with zero attached hydrogens (tertiary/aromatic N) is 1. The summed E-state index contributed by atoms with van der Waals surface area (Å²) < 4.78 is 32.3. The SMILES string of the molecule is COC(=O)c1ccccc1NC(=O)CN(c1cc(Cl)ccc1Cl)S(=O)(=O)c1ccccc1. The van der Waals surface area contributed by atoms with Crippen LogP contribution in [-0.4, -0.2) is 33.9 Å². The number of carbonyl (C=O) groups excluding carboxylic acids is 2. The van der Waals surface area contributed by atoms with Crippen molar-refractivity contribution in [3.8, 4) is 0 Å². The van der Waals surface area contributed by atoms with Crippen molar-refractivity contribution in [2.75, 3.05) is 23.3 Å². The summed E-state index contributed by atoms with van der Waals surface area (Å²) in [5.74, 6) is -1.34. The molecule has 1 amide bonds. The van der Waals surface area contributed by atoms with Gasteiger partial charge in [-0.25, -0.2) is 13.2 Å². The third kappa shape index (κ3) is 5.21. The van der Waals surface area contributed by atoms with Gasteiger partial charge in [-0.05, 0) is 42.5 Å². The van der Waals surface area contributed by atoms with Gasteiger partial charge in [-0.2, -0.15) is 0 Å². The van der Waals surface area contributed by atoms with Crippen molar-refractivity contribution >= 4 is 56.5 Å². The van der Waals surface area contributed by atoms with Crippen LogP contribution in [0.3, 0.4) is 0 Å². The second-order valence-electron chi connectivity index (χ2n) is 6.51. The maximum atomic E-state index is 13.4. The molecule has 0 heterocycles. The quantitative estimate of drug-likeness (QED) is 0.485. The second-order valence-corrected chi connectivity index (χ2v) is 9.21. The molecule has 3 rings (SSSR count). The van der Waals surface area contributed by atoms with E-state index in [2.05, 4.69) is 5.32 Å². The highest BCUT2D eigenvalue weighted by Crippen LogP contribution is 2.33. The number of methoxy groups -OCH3 is 1. The maximum absolute atomic E-state index is 13.4. The monoisotopic (exact) mass is 492 g/mol. The summed E-state index contributed by atoms with van der Waals surface area (Å²) in [6.45, 7) is -0.618. The third-order valence-corrected chi connectivity index (χ3v) is 6.73. The smallest absolute Gasteiger partial charge is 0.339 e. The third-order valence-electron chi connectivity index (χ3n) is 4.40. The van der Waals surface area contributed by atoms with E-state index in [1.807, 2.05) is 0 Å². The Morgan fingerprint density at radius 2 is 1.62 bits per heavy atom. The molecule has 0 aliphatic carbocycles. The molecular formula is C22H18Cl2N2O5S.